The standard InChI is InChI=1S/C17H25NO3/c1-13(18-12-17(2)7-3-10-21-17)14-5-6-15-16(11-14)20-9-4-8-19-15/h5-6,11,13,18H,3-4,7-10,12H2,1-2H3. The summed E-state index contributed by atoms with van der Waals surface area (Å²) in [6.07, 6.45) is 3.23. The molecule has 2 heterocycles. The summed E-state index contributed by atoms with van der Waals surface area (Å²) in [5.41, 5.74) is 1.21. The van der Waals surface area contributed by atoms with Crippen molar-refractivity contribution in [2.45, 2.75) is 44.8 Å². The van der Waals surface area contributed by atoms with Gasteiger partial charge in [-0.3, -0.25) is 0 Å². The minimum Gasteiger partial charge on any atom is -0.490 e. The van der Waals surface area contributed by atoms with E-state index < -0.39 is 0 Å². The van der Waals surface area contributed by atoms with E-state index in [0.717, 1.165) is 57.1 Å². The number of rotatable bonds is 4. The molecule has 0 amide bonds. The summed E-state index contributed by atoms with van der Waals surface area (Å²) in [5, 5.41) is 3.58. The predicted molar refractivity (Wildman–Crippen MR) is 82.1 cm³/mol. The molecule has 2 aliphatic heterocycles. The second-order valence-electron chi connectivity index (χ2n) is 6.26. The third kappa shape index (κ3) is 3.50. The molecule has 1 N–H and O–H groups in total. The van der Waals surface area contributed by atoms with Crippen molar-refractivity contribution in [3.63, 3.8) is 0 Å². The molecular formula is C17H25NO3. The normalized spacial score (nSPS) is 26.4. The van der Waals surface area contributed by atoms with E-state index in [2.05, 4.69) is 31.3 Å². The molecule has 4 nitrogen and oxygen atoms in total. The zero-order valence-corrected chi connectivity index (χ0v) is 13.0. The summed E-state index contributed by atoms with van der Waals surface area (Å²) in [5.74, 6) is 1.72. The molecule has 4 heteroatoms. The Balaban J connectivity index is 1.64. The van der Waals surface area contributed by atoms with Gasteiger partial charge in [-0.2, -0.15) is 0 Å². The van der Waals surface area contributed by atoms with Crippen LogP contribution in [0.5, 0.6) is 11.5 Å². The molecule has 0 spiro atoms. The van der Waals surface area contributed by atoms with Crippen LogP contribution in [0.2, 0.25) is 0 Å². The fourth-order valence-electron chi connectivity index (χ4n) is 2.91. The molecule has 1 aromatic rings. The topological polar surface area (TPSA) is 39.7 Å². The van der Waals surface area contributed by atoms with Gasteiger partial charge in [0.25, 0.3) is 0 Å². The van der Waals surface area contributed by atoms with Gasteiger partial charge in [0.2, 0.25) is 0 Å². The van der Waals surface area contributed by atoms with E-state index in [9.17, 15) is 0 Å². The van der Waals surface area contributed by atoms with E-state index in [1.807, 2.05) is 6.07 Å². The minimum absolute atomic E-state index is 0.0143. The average Bonchev–Trinajstić information content (AvgIpc) is 2.79. The molecule has 2 unspecified atom stereocenters. The van der Waals surface area contributed by atoms with Crippen molar-refractivity contribution < 1.29 is 14.2 Å². The largest absolute Gasteiger partial charge is 0.490 e. The molecule has 2 aliphatic rings. The summed E-state index contributed by atoms with van der Waals surface area (Å²) >= 11 is 0. The molecule has 1 saturated heterocycles. The molecule has 1 fully saturated rings. The number of fused-ring (bicyclic) bond motifs is 1. The molecular weight excluding hydrogens is 266 g/mol. The Morgan fingerprint density at radius 2 is 1.95 bits per heavy atom. The van der Waals surface area contributed by atoms with Gasteiger partial charge in [0.1, 0.15) is 0 Å². The van der Waals surface area contributed by atoms with E-state index in [1.54, 1.807) is 0 Å². The summed E-state index contributed by atoms with van der Waals surface area (Å²) in [7, 11) is 0. The van der Waals surface area contributed by atoms with Gasteiger partial charge >= 0.3 is 0 Å². The van der Waals surface area contributed by atoms with Crippen molar-refractivity contribution in [2.24, 2.45) is 0 Å². The zero-order chi connectivity index (χ0) is 14.7. The van der Waals surface area contributed by atoms with Gasteiger partial charge in [-0.25, -0.2) is 0 Å². The van der Waals surface area contributed by atoms with Crippen LogP contribution in [-0.4, -0.2) is 32.0 Å². The molecule has 0 aromatic heterocycles. The molecule has 1 aromatic carbocycles. The molecule has 21 heavy (non-hydrogen) atoms. The van der Waals surface area contributed by atoms with Gasteiger partial charge in [0.15, 0.2) is 11.5 Å². The number of hydrogen-bond donors (Lipinski definition) is 1. The van der Waals surface area contributed by atoms with Crippen molar-refractivity contribution in [1.82, 2.24) is 5.32 Å². The van der Waals surface area contributed by atoms with Gasteiger partial charge in [0.05, 0.1) is 18.8 Å². The molecule has 0 aliphatic carbocycles. The highest BCUT2D eigenvalue weighted by atomic mass is 16.5. The van der Waals surface area contributed by atoms with Crippen molar-refractivity contribution in [3.05, 3.63) is 23.8 Å². The van der Waals surface area contributed by atoms with Gasteiger partial charge in [-0.05, 0) is 44.4 Å². The first-order valence-corrected chi connectivity index (χ1v) is 7.93. The van der Waals surface area contributed by atoms with E-state index in [1.165, 1.54) is 5.56 Å². The number of benzene rings is 1. The van der Waals surface area contributed by atoms with Crippen molar-refractivity contribution in [1.29, 1.82) is 0 Å². The Labute approximate surface area is 126 Å². The second-order valence-corrected chi connectivity index (χ2v) is 6.26. The van der Waals surface area contributed by atoms with Crippen molar-refractivity contribution in [3.8, 4) is 11.5 Å². The van der Waals surface area contributed by atoms with Crippen LogP contribution in [0, 0.1) is 0 Å². The lowest BCUT2D eigenvalue weighted by atomic mass is 10.0. The first-order chi connectivity index (χ1) is 10.2. The molecule has 0 bridgehead atoms. The van der Waals surface area contributed by atoms with Crippen LogP contribution in [-0.2, 0) is 4.74 Å². The van der Waals surface area contributed by atoms with Crippen LogP contribution in [0.3, 0.4) is 0 Å². The maximum atomic E-state index is 5.83. The highest BCUT2D eigenvalue weighted by Crippen LogP contribution is 2.32. The molecule has 0 saturated carbocycles. The Morgan fingerprint density at radius 3 is 2.71 bits per heavy atom. The Kier molecular flexibility index (Phi) is 4.36. The Morgan fingerprint density at radius 1 is 1.14 bits per heavy atom. The van der Waals surface area contributed by atoms with Crippen LogP contribution in [0.4, 0.5) is 0 Å². The lowest BCUT2D eigenvalue weighted by Crippen LogP contribution is -2.38. The smallest absolute Gasteiger partial charge is 0.161 e. The molecule has 3 rings (SSSR count). The summed E-state index contributed by atoms with van der Waals surface area (Å²) in [4.78, 5) is 0. The number of nitrogens with one attached hydrogen (secondary N) is 1. The third-order valence-electron chi connectivity index (χ3n) is 4.35. The monoisotopic (exact) mass is 291 g/mol. The van der Waals surface area contributed by atoms with Gasteiger partial charge in [-0.15, -0.1) is 0 Å². The predicted octanol–water partition coefficient (Wildman–Crippen LogP) is 3.07. The van der Waals surface area contributed by atoms with Gasteiger partial charge < -0.3 is 19.5 Å². The first kappa shape index (κ1) is 14.7. The maximum absolute atomic E-state index is 5.83. The Bertz CT molecular complexity index is 483. The molecule has 2 atom stereocenters. The van der Waals surface area contributed by atoms with Crippen LogP contribution in [0.25, 0.3) is 0 Å². The number of hydrogen-bond acceptors (Lipinski definition) is 4. The SMILES string of the molecule is CC(NCC1(C)CCCO1)c1ccc2c(c1)OCCCO2. The lowest BCUT2D eigenvalue weighted by Gasteiger charge is -2.26. The van der Waals surface area contributed by atoms with Crippen LogP contribution in [0.1, 0.15) is 44.7 Å². The Hall–Kier alpha value is -1.26. The van der Waals surface area contributed by atoms with E-state index in [4.69, 9.17) is 14.2 Å². The minimum atomic E-state index is -0.0143. The fourth-order valence-corrected chi connectivity index (χ4v) is 2.91. The lowest BCUT2D eigenvalue weighted by molar-refractivity contribution is 0.0191. The van der Waals surface area contributed by atoms with Crippen LogP contribution < -0.4 is 14.8 Å². The third-order valence-corrected chi connectivity index (χ3v) is 4.35. The van der Waals surface area contributed by atoms with E-state index >= 15 is 0 Å². The molecule has 116 valence electrons. The molecule has 0 radical (unpaired) electrons. The zero-order valence-electron chi connectivity index (χ0n) is 13.0. The van der Waals surface area contributed by atoms with E-state index in [-0.39, 0.29) is 11.6 Å². The second kappa shape index (κ2) is 6.24. The highest BCUT2D eigenvalue weighted by Gasteiger charge is 2.29. The summed E-state index contributed by atoms with van der Waals surface area (Å²) in [6.45, 7) is 7.59. The van der Waals surface area contributed by atoms with Crippen molar-refractivity contribution in [2.75, 3.05) is 26.4 Å². The maximum Gasteiger partial charge on any atom is 0.161 e. The first-order valence-electron chi connectivity index (χ1n) is 7.93. The average molecular weight is 291 g/mol. The summed E-state index contributed by atoms with van der Waals surface area (Å²) < 4.78 is 17.3. The van der Waals surface area contributed by atoms with E-state index in [0.29, 0.717) is 0 Å². The van der Waals surface area contributed by atoms with Crippen LogP contribution >= 0.6 is 0 Å². The summed E-state index contributed by atoms with van der Waals surface area (Å²) in [6, 6.07) is 6.49. The van der Waals surface area contributed by atoms with Crippen molar-refractivity contribution >= 4 is 0 Å². The van der Waals surface area contributed by atoms with Gasteiger partial charge in [-0.1, -0.05) is 6.07 Å². The van der Waals surface area contributed by atoms with Crippen LogP contribution in [0.15, 0.2) is 18.2 Å². The number of ether oxygens (including phenoxy) is 3. The van der Waals surface area contributed by atoms with Gasteiger partial charge in [0, 0.05) is 25.6 Å². The fraction of sp³-hybridized carbons (Fsp3) is 0.647. The quantitative estimate of drug-likeness (QED) is 0.925. The highest BCUT2D eigenvalue weighted by molar-refractivity contribution is 5.44.